The van der Waals surface area contributed by atoms with Gasteiger partial charge in [0.25, 0.3) is 5.91 Å². The lowest BCUT2D eigenvalue weighted by Crippen LogP contribution is -2.30. The van der Waals surface area contributed by atoms with Crippen LogP contribution in [0.1, 0.15) is 29.0 Å². The van der Waals surface area contributed by atoms with Gasteiger partial charge >= 0.3 is 0 Å². The lowest BCUT2D eigenvalue weighted by molar-refractivity contribution is 0.0737. The summed E-state index contributed by atoms with van der Waals surface area (Å²) < 4.78 is 0.829. The molecule has 1 atom stereocenters. The van der Waals surface area contributed by atoms with Crippen molar-refractivity contribution >= 4 is 45.0 Å². The van der Waals surface area contributed by atoms with Gasteiger partial charge in [-0.25, -0.2) is 4.98 Å². The smallest absolute Gasteiger partial charge is 0.272 e. The summed E-state index contributed by atoms with van der Waals surface area (Å²) in [4.78, 5) is 18.2. The van der Waals surface area contributed by atoms with Gasteiger partial charge < -0.3 is 4.90 Å². The average molecular weight is 388 g/mol. The number of aromatic nitrogens is 1. The van der Waals surface area contributed by atoms with Gasteiger partial charge in [-0.1, -0.05) is 29.3 Å². The molecule has 1 aromatic heterocycles. The first-order valence-electron chi connectivity index (χ1n) is 6.24. The maximum atomic E-state index is 12.4. The summed E-state index contributed by atoms with van der Waals surface area (Å²) in [6.07, 6.45) is 1.60. The Morgan fingerprint density at radius 3 is 2.57 bits per heavy atom. The first-order valence-corrected chi connectivity index (χ1v) is 7.78. The van der Waals surface area contributed by atoms with E-state index in [4.69, 9.17) is 23.2 Å². The maximum Gasteiger partial charge on any atom is 0.272 e. The Labute approximate surface area is 142 Å². The maximum absolute atomic E-state index is 12.4. The lowest BCUT2D eigenvalue weighted by atomic mass is 10.1. The Balaban J connectivity index is 2.24. The molecule has 0 N–H and O–H groups in total. The zero-order valence-electron chi connectivity index (χ0n) is 11.5. The molecule has 2 rings (SSSR count). The standard InChI is InChI=1S/C15H13BrCl2N2O/c1-9(12-5-4-11(17)7-13(12)18)20(2)15(21)14-6-3-10(16)8-19-14/h3-9H,1-2H3. The van der Waals surface area contributed by atoms with Gasteiger partial charge in [-0.3, -0.25) is 4.79 Å². The van der Waals surface area contributed by atoms with E-state index in [9.17, 15) is 4.79 Å². The largest absolute Gasteiger partial charge is 0.334 e. The fourth-order valence-corrected chi connectivity index (χ4v) is 2.71. The van der Waals surface area contributed by atoms with Crippen LogP contribution in [0.5, 0.6) is 0 Å². The highest BCUT2D eigenvalue weighted by Gasteiger charge is 2.21. The Bertz CT molecular complexity index is 661. The number of benzene rings is 1. The van der Waals surface area contributed by atoms with E-state index >= 15 is 0 Å². The summed E-state index contributed by atoms with van der Waals surface area (Å²) in [7, 11) is 1.72. The molecule has 0 saturated heterocycles. The molecule has 1 heterocycles. The SMILES string of the molecule is CC(c1ccc(Cl)cc1Cl)N(C)C(=O)c1ccc(Br)cn1. The van der Waals surface area contributed by atoms with Crippen LogP contribution >= 0.6 is 39.1 Å². The van der Waals surface area contributed by atoms with Crippen molar-refractivity contribution in [3.05, 3.63) is 62.3 Å². The van der Waals surface area contributed by atoms with Gasteiger partial charge in [0.2, 0.25) is 0 Å². The molecular formula is C15H13BrCl2N2O. The molecule has 0 spiro atoms. The molecule has 1 amide bonds. The second-order valence-corrected chi connectivity index (χ2v) is 6.38. The summed E-state index contributed by atoms with van der Waals surface area (Å²) in [5.41, 5.74) is 1.23. The molecule has 0 aliphatic heterocycles. The van der Waals surface area contributed by atoms with E-state index in [-0.39, 0.29) is 11.9 Å². The van der Waals surface area contributed by atoms with E-state index in [1.807, 2.05) is 13.0 Å². The van der Waals surface area contributed by atoms with Crippen molar-refractivity contribution < 1.29 is 4.79 Å². The number of pyridine rings is 1. The Morgan fingerprint density at radius 1 is 1.29 bits per heavy atom. The van der Waals surface area contributed by atoms with Crippen molar-refractivity contribution in [3.8, 4) is 0 Å². The van der Waals surface area contributed by atoms with Crippen LogP contribution < -0.4 is 0 Å². The van der Waals surface area contributed by atoms with Gasteiger partial charge in [-0.15, -0.1) is 0 Å². The number of amides is 1. The number of carbonyl (C=O) groups excluding carboxylic acids is 1. The van der Waals surface area contributed by atoms with Crippen LogP contribution in [0, 0.1) is 0 Å². The minimum Gasteiger partial charge on any atom is -0.334 e. The molecule has 0 aliphatic rings. The van der Waals surface area contributed by atoms with Crippen LogP contribution in [-0.2, 0) is 0 Å². The van der Waals surface area contributed by atoms with Crippen molar-refractivity contribution in [2.75, 3.05) is 7.05 Å². The summed E-state index contributed by atoms with van der Waals surface area (Å²) >= 11 is 15.4. The fourth-order valence-electron chi connectivity index (χ4n) is 1.91. The number of halogens is 3. The molecule has 0 bridgehead atoms. The second kappa shape index (κ2) is 6.77. The van der Waals surface area contributed by atoms with Crippen molar-refractivity contribution in [2.24, 2.45) is 0 Å². The molecule has 21 heavy (non-hydrogen) atoms. The lowest BCUT2D eigenvalue weighted by Gasteiger charge is -2.25. The number of hydrogen-bond donors (Lipinski definition) is 0. The predicted octanol–water partition coefficient (Wildman–Crippen LogP) is 4.98. The zero-order chi connectivity index (χ0) is 15.6. The molecule has 2 aromatic rings. The quantitative estimate of drug-likeness (QED) is 0.743. The Hall–Kier alpha value is -1.10. The number of rotatable bonds is 3. The van der Waals surface area contributed by atoms with Crippen molar-refractivity contribution in [3.63, 3.8) is 0 Å². The van der Waals surface area contributed by atoms with E-state index < -0.39 is 0 Å². The van der Waals surface area contributed by atoms with E-state index in [0.29, 0.717) is 15.7 Å². The molecule has 1 aromatic carbocycles. The predicted molar refractivity (Wildman–Crippen MR) is 88.9 cm³/mol. The van der Waals surface area contributed by atoms with Crippen LogP contribution in [0.4, 0.5) is 0 Å². The van der Waals surface area contributed by atoms with Gasteiger partial charge in [0.05, 0.1) is 6.04 Å². The minimum atomic E-state index is -0.187. The van der Waals surface area contributed by atoms with Crippen molar-refractivity contribution in [2.45, 2.75) is 13.0 Å². The molecule has 0 aliphatic carbocycles. The van der Waals surface area contributed by atoms with E-state index in [2.05, 4.69) is 20.9 Å². The highest BCUT2D eigenvalue weighted by atomic mass is 79.9. The van der Waals surface area contributed by atoms with Crippen LogP contribution in [0.25, 0.3) is 0 Å². The van der Waals surface area contributed by atoms with Gasteiger partial charge in [0, 0.05) is 27.8 Å². The second-order valence-electron chi connectivity index (χ2n) is 4.62. The normalized spacial score (nSPS) is 12.0. The van der Waals surface area contributed by atoms with Crippen LogP contribution in [0.3, 0.4) is 0 Å². The van der Waals surface area contributed by atoms with Gasteiger partial charge in [0.1, 0.15) is 5.69 Å². The summed E-state index contributed by atoms with van der Waals surface area (Å²) in [5, 5.41) is 1.11. The summed E-state index contributed by atoms with van der Waals surface area (Å²) in [6, 6.07) is 8.54. The highest BCUT2D eigenvalue weighted by Crippen LogP contribution is 2.29. The minimum absolute atomic E-state index is 0.166. The van der Waals surface area contributed by atoms with Crippen molar-refractivity contribution in [1.29, 1.82) is 0 Å². The van der Waals surface area contributed by atoms with E-state index in [1.165, 1.54) is 0 Å². The van der Waals surface area contributed by atoms with Crippen LogP contribution in [0.15, 0.2) is 41.0 Å². The van der Waals surface area contributed by atoms with Crippen LogP contribution in [-0.4, -0.2) is 22.8 Å². The third-order valence-electron chi connectivity index (χ3n) is 3.26. The number of hydrogen-bond acceptors (Lipinski definition) is 2. The van der Waals surface area contributed by atoms with E-state index in [0.717, 1.165) is 10.0 Å². The first kappa shape index (κ1) is 16.3. The van der Waals surface area contributed by atoms with Crippen molar-refractivity contribution in [1.82, 2.24) is 9.88 Å². The third-order valence-corrected chi connectivity index (χ3v) is 4.29. The molecule has 0 fully saturated rings. The van der Waals surface area contributed by atoms with Gasteiger partial charge in [0.15, 0.2) is 0 Å². The van der Waals surface area contributed by atoms with Gasteiger partial charge in [-0.2, -0.15) is 0 Å². The zero-order valence-corrected chi connectivity index (χ0v) is 14.6. The Kier molecular flexibility index (Phi) is 5.25. The monoisotopic (exact) mass is 386 g/mol. The first-order chi connectivity index (χ1) is 9.90. The topological polar surface area (TPSA) is 33.2 Å². The molecule has 0 radical (unpaired) electrons. The third kappa shape index (κ3) is 3.76. The summed E-state index contributed by atoms with van der Waals surface area (Å²) in [6.45, 7) is 1.91. The van der Waals surface area contributed by atoms with Gasteiger partial charge in [-0.05, 0) is 52.7 Å². The molecule has 1 unspecified atom stereocenters. The van der Waals surface area contributed by atoms with E-state index in [1.54, 1.807) is 42.4 Å². The Morgan fingerprint density at radius 2 is 2.00 bits per heavy atom. The molecule has 3 nitrogen and oxygen atoms in total. The highest BCUT2D eigenvalue weighted by molar-refractivity contribution is 9.10. The average Bonchev–Trinajstić information content (AvgIpc) is 2.46. The molecule has 6 heteroatoms. The fraction of sp³-hybridized carbons (Fsp3) is 0.200. The number of nitrogens with zero attached hydrogens (tertiary/aromatic N) is 2. The molecule has 110 valence electrons. The summed E-state index contributed by atoms with van der Waals surface area (Å²) in [5.74, 6) is -0.166. The van der Waals surface area contributed by atoms with Crippen LogP contribution in [0.2, 0.25) is 10.0 Å². The molecule has 0 saturated carbocycles. The number of carbonyl (C=O) groups is 1. The molecular weight excluding hydrogens is 375 g/mol.